The summed E-state index contributed by atoms with van der Waals surface area (Å²) in [6.45, 7) is 8.36. The number of ether oxygens (including phenoxy) is 1. The van der Waals surface area contributed by atoms with Crippen molar-refractivity contribution >= 4 is 17.3 Å². The minimum absolute atomic E-state index is 0.123. The normalized spacial score (nSPS) is 12.2. The summed E-state index contributed by atoms with van der Waals surface area (Å²) in [4.78, 5) is 5.56. The van der Waals surface area contributed by atoms with Gasteiger partial charge in [0, 0.05) is 18.5 Å². The highest BCUT2D eigenvalue weighted by Gasteiger charge is 2.10. The fraction of sp³-hybridized carbons (Fsp3) is 0.421. The highest BCUT2D eigenvalue weighted by molar-refractivity contribution is 7.09. The Kier molecular flexibility index (Phi) is 6.82. The second kappa shape index (κ2) is 8.85. The van der Waals surface area contributed by atoms with Crippen LogP contribution in [-0.2, 0) is 24.4 Å². The molecule has 0 fully saturated rings. The van der Waals surface area contributed by atoms with Crippen molar-refractivity contribution < 1.29 is 4.74 Å². The zero-order valence-corrected chi connectivity index (χ0v) is 15.7. The highest BCUT2D eigenvalue weighted by atomic mass is 32.1. The van der Waals surface area contributed by atoms with Crippen LogP contribution < -0.4 is 10.6 Å². The largest absolute Gasteiger partial charge is 0.371 e. The van der Waals surface area contributed by atoms with E-state index in [2.05, 4.69) is 78.2 Å². The molecule has 0 unspecified atom stereocenters. The molecular formula is C19H27N3OS. The topological polar surface area (TPSA) is 45.7 Å². The molecule has 0 aliphatic heterocycles. The van der Waals surface area contributed by atoms with Crippen molar-refractivity contribution in [2.45, 2.75) is 46.1 Å². The third-order valence-corrected chi connectivity index (χ3v) is 4.23. The maximum Gasteiger partial charge on any atom is 0.191 e. The average molecular weight is 346 g/mol. The van der Waals surface area contributed by atoms with Crippen LogP contribution >= 0.6 is 11.3 Å². The molecule has 0 spiro atoms. The molecule has 0 atom stereocenters. The summed E-state index contributed by atoms with van der Waals surface area (Å²) in [6, 6.07) is 12.6. The van der Waals surface area contributed by atoms with E-state index >= 15 is 0 Å². The van der Waals surface area contributed by atoms with Crippen molar-refractivity contribution in [3.8, 4) is 0 Å². The van der Waals surface area contributed by atoms with Crippen LogP contribution in [0.25, 0.3) is 0 Å². The molecule has 0 aliphatic carbocycles. The molecule has 0 saturated heterocycles. The molecule has 0 amide bonds. The zero-order chi connectivity index (χ0) is 17.4. The summed E-state index contributed by atoms with van der Waals surface area (Å²) in [5.41, 5.74) is 2.27. The van der Waals surface area contributed by atoms with Crippen LogP contribution in [0.3, 0.4) is 0 Å². The fourth-order valence-electron chi connectivity index (χ4n) is 2.12. The Bertz CT molecular complexity index is 645. The molecule has 0 aliphatic rings. The third kappa shape index (κ3) is 6.72. The first-order valence-corrected chi connectivity index (χ1v) is 9.03. The van der Waals surface area contributed by atoms with Gasteiger partial charge in [-0.15, -0.1) is 11.3 Å². The van der Waals surface area contributed by atoms with Crippen molar-refractivity contribution in [2.24, 2.45) is 4.99 Å². The second-order valence-corrected chi connectivity index (χ2v) is 7.61. The van der Waals surface area contributed by atoms with Gasteiger partial charge in [-0.1, -0.05) is 30.3 Å². The van der Waals surface area contributed by atoms with E-state index in [4.69, 9.17) is 4.74 Å². The standard InChI is InChI=1S/C19H27N3OS/c1-19(2,3)23-14-16-8-5-7-15(11-16)12-21-18(20-4)22-13-17-9-6-10-24-17/h5-11H,12-14H2,1-4H3,(H2,20,21,22). The summed E-state index contributed by atoms with van der Waals surface area (Å²) in [7, 11) is 1.79. The van der Waals surface area contributed by atoms with Crippen molar-refractivity contribution in [3.05, 3.63) is 57.8 Å². The van der Waals surface area contributed by atoms with Crippen LogP contribution in [0, 0.1) is 0 Å². The Morgan fingerprint density at radius 2 is 1.83 bits per heavy atom. The van der Waals surface area contributed by atoms with E-state index in [9.17, 15) is 0 Å². The van der Waals surface area contributed by atoms with Gasteiger partial charge < -0.3 is 15.4 Å². The molecule has 0 bridgehead atoms. The molecule has 1 aromatic heterocycles. The maximum absolute atomic E-state index is 5.84. The van der Waals surface area contributed by atoms with Gasteiger partial charge in [0.15, 0.2) is 5.96 Å². The maximum atomic E-state index is 5.84. The fourth-order valence-corrected chi connectivity index (χ4v) is 2.76. The van der Waals surface area contributed by atoms with Crippen LogP contribution in [0.15, 0.2) is 46.8 Å². The molecule has 0 saturated carbocycles. The number of rotatable bonds is 6. The molecule has 1 aromatic carbocycles. The lowest BCUT2D eigenvalue weighted by Gasteiger charge is -2.19. The van der Waals surface area contributed by atoms with E-state index in [1.54, 1.807) is 18.4 Å². The van der Waals surface area contributed by atoms with Gasteiger partial charge in [-0.25, -0.2) is 0 Å². The molecule has 2 N–H and O–H groups in total. The molecule has 5 heteroatoms. The lowest BCUT2D eigenvalue weighted by molar-refractivity contribution is -0.0149. The first-order chi connectivity index (χ1) is 11.5. The SMILES string of the molecule is CN=C(NCc1cccc(COC(C)(C)C)c1)NCc1cccs1. The third-order valence-electron chi connectivity index (χ3n) is 3.36. The smallest absolute Gasteiger partial charge is 0.191 e. The number of guanidine groups is 1. The Labute approximate surface area is 149 Å². The summed E-state index contributed by atoms with van der Waals surface area (Å²) in [6.07, 6.45) is 0. The summed E-state index contributed by atoms with van der Waals surface area (Å²) >= 11 is 1.74. The predicted octanol–water partition coefficient (Wildman–Crippen LogP) is 3.93. The second-order valence-electron chi connectivity index (χ2n) is 6.58. The first-order valence-electron chi connectivity index (χ1n) is 8.15. The van der Waals surface area contributed by atoms with E-state index in [1.807, 2.05) is 0 Å². The van der Waals surface area contributed by atoms with Gasteiger partial charge in [0.05, 0.1) is 18.8 Å². The number of benzene rings is 1. The Balaban J connectivity index is 1.83. The molecule has 2 rings (SSSR count). The monoisotopic (exact) mass is 345 g/mol. The van der Waals surface area contributed by atoms with Crippen LogP contribution in [0.5, 0.6) is 0 Å². The Morgan fingerprint density at radius 1 is 1.08 bits per heavy atom. The van der Waals surface area contributed by atoms with Crippen molar-refractivity contribution in [1.29, 1.82) is 0 Å². The number of nitrogens with one attached hydrogen (secondary N) is 2. The number of hydrogen-bond donors (Lipinski definition) is 2. The molecule has 2 aromatic rings. The number of thiophene rings is 1. The quantitative estimate of drug-likeness (QED) is 0.616. The van der Waals surface area contributed by atoms with Crippen LogP contribution in [0.4, 0.5) is 0 Å². The van der Waals surface area contributed by atoms with Gasteiger partial charge in [0.25, 0.3) is 0 Å². The van der Waals surface area contributed by atoms with Crippen LogP contribution in [0.1, 0.15) is 36.8 Å². The summed E-state index contributed by atoms with van der Waals surface area (Å²) in [5, 5.41) is 8.76. The predicted molar refractivity (Wildman–Crippen MR) is 102 cm³/mol. The van der Waals surface area contributed by atoms with E-state index < -0.39 is 0 Å². The lowest BCUT2D eigenvalue weighted by Crippen LogP contribution is -2.36. The van der Waals surface area contributed by atoms with E-state index in [1.165, 1.54) is 16.0 Å². The highest BCUT2D eigenvalue weighted by Crippen LogP contribution is 2.13. The van der Waals surface area contributed by atoms with Crippen LogP contribution in [-0.4, -0.2) is 18.6 Å². The number of aliphatic imine (C=N–C) groups is 1. The minimum Gasteiger partial charge on any atom is -0.371 e. The van der Waals surface area contributed by atoms with Gasteiger partial charge in [-0.05, 0) is 43.3 Å². The summed E-state index contributed by atoms with van der Waals surface area (Å²) < 4.78 is 5.84. The first kappa shape index (κ1) is 18.5. The number of hydrogen-bond acceptors (Lipinski definition) is 3. The average Bonchev–Trinajstić information content (AvgIpc) is 3.06. The van der Waals surface area contributed by atoms with Gasteiger partial charge >= 0.3 is 0 Å². The minimum atomic E-state index is -0.123. The summed E-state index contributed by atoms with van der Waals surface area (Å²) in [5.74, 6) is 0.805. The lowest BCUT2D eigenvalue weighted by atomic mass is 10.1. The van der Waals surface area contributed by atoms with Gasteiger partial charge in [0.2, 0.25) is 0 Å². The van der Waals surface area contributed by atoms with Gasteiger partial charge in [0.1, 0.15) is 0 Å². The van der Waals surface area contributed by atoms with Crippen molar-refractivity contribution in [2.75, 3.05) is 7.05 Å². The van der Waals surface area contributed by atoms with E-state index in [0.29, 0.717) is 6.61 Å². The molecule has 4 nitrogen and oxygen atoms in total. The molecule has 130 valence electrons. The van der Waals surface area contributed by atoms with E-state index in [0.717, 1.165) is 19.0 Å². The Morgan fingerprint density at radius 3 is 2.50 bits per heavy atom. The van der Waals surface area contributed by atoms with Gasteiger partial charge in [-0.2, -0.15) is 0 Å². The van der Waals surface area contributed by atoms with Crippen molar-refractivity contribution in [3.63, 3.8) is 0 Å². The van der Waals surface area contributed by atoms with Crippen molar-refractivity contribution in [1.82, 2.24) is 10.6 Å². The molecular weight excluding hydrogens is 318 g/mol. The number of nitrogens with zero attached hydrogens (tertiary/aromatic N) is 1. The Hall–Kier alpha value is -1.85. The van der Waals surface area contributed by atoms with Gasteiger partial charge in [-0.3, -0.25) is 4.99 Å². The molecule has 0 radical (unpaired) electrons. The molecule has 1 heterocycles. The van der Waals surface area contributed by atoms with E-state index in [-0.39, 0.29) is 5.60 Å². The zero-order valence-electron chi connectivity index (χ0n) is 14.9. The molecule has 24 heavy (non-hydrogen) atoms. The van der Waals surface area contributed by atoms with Crippen LogP contribution in [0.2, 0.25) is 0 Å².